The summed E-state index contributed by atoms with van der Waals surface area (Å²) in [5, 5.41) is 2.50. The third kappa shape index (κ3) is 7.49. The number of sulfone groups is 1. The van der Waals surface area contributed by atoms with E-state index in [0.717, 1.165) is 6.26 Å². The van der Waals surface area contributed by atoms with Crippen LogP contribution in [-0.2, 0) is 24.2 Å². The van der Waals surface area contributed by atoms with Crippen LogP contribution in [0.3, 0.4) is 0 Å². The second-order valence-corrected chi connectivity index (χ2v) is 9.51. The lowest BCUT2D eigenvalue weighted by molar-refractivity contribution is -0.150. The number of methoxy groups -OCH3 is 1. The number of benzene rings is 1. The molecule has 0 aromatic heterocycles. The van der Waals surface area contributed by atoms with Crippen molar-refractivity contribution in [2.45, 2.75) is 51.6 Å². The Morgan fingerprint density at radius 2 is 1.83 bits per heavy atom. The molecule has 3 N–H and O–H groups in total. The zero-order valence-electron chi connectivity index (χ0n) is 18.3. The first-order valence-corrected chi connectivity index (χ1v) is 11.6. The summed E-state index contributed by atoms with van der Waals surface area (Å²) in [5.74, 6) is -0.362. The highest BCUT2D eigenvalue weighted by Crippen LogP contribution is 2.32. The van der Waals surface area contributed by atoms with Crippen molar-refractivity contribution in [3.63, 3.8) is 0 Å². The predicted octanol–water partition coefficient (Wildman–Crippen LogP) is 1.56. The maximum absolute atomic E-state index is 12.7. The molecule has 0 aliphatic rings. The highest BCUT2D eigenvalue weighted by molar-refractivity contribution is 7.91. The summed E-state index contributed by atoms with van der Waals surface area (Å²) in [4.78, 5) is 24.1. The molecule has 30 heavy (non-hydrogen) atoms. The van der Waals surface area contributed by atoms with E-state index in [1.807, 2.05) is 13.8 Å². The standard InChI is InChI=1S/C20H32N2O7S/c1-7-28-17-11-14(8-9-16(17)27-5)18(21)20(30(6,25)26)29-19(24)15(10-12(2)3)22-13(4)23/h8-9,11-12,15,18,20H,7,10,21H2,1-6H3,(H,22,23)/t15-,18-,20?/m0/s1. The molecule has 10 heteroatoms. The topological polar surface area (TPSA) is 134 Å². The van der Waals surface area contributed by atoms with Crippen LogP contribution in [0.4, 0.5) is 0 Å². The summed E-state index contributed by atoms with van der Waals surface area (Å²) in [6.45, 7) is 7.17. The van der Waals surface area contributed by atoms with Gasteiger partial charge in [0.2, 0.25) is 11.3 Å². The molecule has 0 aliphatic carbocycles. The minimum Gasteiger partial charge on any atom is -0.493 e. The van der Waals surface area contributed by atoms with Crippen LogP contribution in [0.2, 0.25) is 0 Å². The van der Waals surface area contributed by atoms with Gasteiger partial charge in [0, 0.05) is 13.2 Å². The van der Waals surface area contributed by atoms with E-state index in [2.05, 4.69) is 5.32 Å². The van der Waals surface area contributed by atoms with Gasteiger partial charge < -0.3 is 25.3 Å². The van der Waals surface area contributed by atoms with Crippen LogP contribution in [0, 0.1) is 5.92 Å². The van der Waals surface area contributed by atoms with Crippen LogP contribution < -0.4 is 20.5 Å². The number of rotatable bonds is 11. The lowest BCUT2D eigenvalue weighted by atomic mass is 10.0. The number of ether oxygens (including phenoxy) is 3. The Balaban J connectivity index is 3.22. The van der Waals surface area contributed by atoms with E-state index >= 15 is 0 Å². The number of hydrogen-bond acceptors (Lipinski definition) is 8. The van der Waals surface area contributed by atoms with Gasteiger partial charge in [-0.25, -0.2) is 13.2 Å². The Labute approximate surface area is 178 Å². The highest BCUT2D eigenvalue weighted by atomic mass is 32.2. The number of esters is 1. The van der Waals surface area contributed by atoms with Crippen LogP contribution >= 0.6 is 0 Å². The fraction of sp³-hybridized carbons (Fsp3) is 0.600. The third-order valence-corrected chi connectivity index (χ3v) is 5.42. The van der Waals surface area contributed by atoms with Crippen LogP contribution in [0.25, 0.3) is 0 Å². The van der Waals surface area contributed by atoms with Gasteiger partial charge in [-0.3, -0.25) is 4.79 Å². The van der Waals surface area contributed by atoms with E-state index in [4.69, 9.17) is 19.9 Å². The van der Waals surface area contributed by atoms with Crippen molar-refractivity contribution in [3.8, 4) is 11.5 Å². The van der Waals surface area contributed by atoms with Crippen LogP contribution in [0.5, 0.6) is 11.5 Å². The molecule has 1 aromatic rings. The second kappa shape index (κ2) is 11.2. The van der Waals surface area contributed by atoms with Gasteiger partial charge in [-0.15, -0.1) is 0 Å². The summed E-state index contributed by atoms with van der Waals surface area (Å²) in [7, 11) is -2.41. The average Bonchev–Trinajstić information content (AvgIpc) is 2.63. The van der Waals surface area contributed by atoms with Crippen LogP contribution in [0.15, 0.2) is 18.2 Å². The molecular weight excluding hydrogens is 412 g/mol. The molecule has 0 aliphatic heterocycles. The Morgan fingerprint density at radius 1 is 1.20 bits per heavy atom. The number of carbonyl (C=O) groups is 2. The summed E-state index contributed by atoms with van der Waals surface area (Å²) in [5.41, 5.74) is 4.94. The number of nitrogens with one attached hydrogen (secondary N) is 1. The molecule has 0 heterocycles. The first-order valence-electron chi connectivity index (χ1n) is 9.63. The van der Waals surface area contributed by atoms with Crippen molar-refractivity contribution >= 4 is 21.7 Å². The van der Waals surface area contributed by atoms with Crippen molar-refractivity contribution in [1.82, 2.24) is 5.32 Å². The van der Waals surface area contributed by atoms with Gasteiger partial charge in [-0.1, -0.05) is 19.9 Å². The molecule has 0 saturated heterocycles. The summed E-state index contributed by atoms with van der Waals surface area (Å²) < 4.78 is 40.8. The monoisotopic (exact) mass is 444 g/mol. The highest BCUT2D eigenvalue weighted by Gasteiger charge is 2.35. The molecule has 1 amide bonds. The SMILES string of the molecule is CCOc1cc([C@H](N)C(OC(=O)[C@H](CC(C)C)NC(C)=O)S(C)(=O)=O)ccc1OC. The number of amides is 1. The average molecular weight is 445 g/mol. The largest absolute Gasteiger partial charge is 0.493 e. The molecule has 9 nitrogen and oxygen atoms in total. The van der Waals surface area contributed by atoms with Crippen LogP contribution in [0.1, 0.15) is 45.7 Å². The summed E-state index contributed by atoms with van der Waals surface area (Å²) in [6, 6.07) is 2.58. The van der Waals surface area contributed by atoms with Crippen molar-refractivity contribution in [2.75, 3.05) is 20.0 Å². The van der Waals surface area contributed by atoms with Gasteiger partial charge in [0.25, 0.3) is 0 Å². The first-order chi connectivity index (χ1) is 13.9. The normalized spacial score (nSPS) is 14.5. The Hall–Kier alpha value is -2.33. The lowest BCUT2D eigenvalue weighted by Gasteiger charge is -2.26. The fourth-order valence-corrected chi connectivity index (χ4v) is 3.84. The predicted molar refractivity (Wildman–Crippen MR) is 113 cm³/mol. The summed E-state index contributed by atoms with van der Waals surface area (Å²) in [6.07, 6.45) is 1.23. The van der Waals surface area contributed by atoms with Crippen LogP contribution in [-0.4, -0.2) is 51.7 Å². The van der Waals surface area contributed by atoms with Gasteiger partial charge in [-0.05, 0) is 37.0 Å². The molecule has 0 spiro atoms. The number of nitrogens with two attached hydrogens (primary N) is 1. The van der Waals surface area contributed by atoms with Gasteiger partial charge in [0.15, 0.2) is 21.3 Å². The van der Waals surface area contributed by atoms with E-state index in [9.17, 15) is 18.0 Å². The molecule has 1 aromatic carbocycles. The first kappa shape index (κ1) is 25.7. The molecule has 0 saturated carbocycles. The van der Waals surface area contributed by atoms with Crippen molar-refractivity contribution in [2.24, 2.45) is 11.7 Å². The van der Waals surface area contributed by atoms with Crippen molar-refractivity contribution in [3.05, 3.63) is 23.8 Å². The van der Waals surface area contributed by atoms with E-state index in [1.165, 1.54) is 14.0 Å². The van der Waals surface area contributed by atoms with Gasteiger partial charge in [0.05, 0.1) is 19.8 Å². The van der Waals surface area contributed by atoms with Crippen molar-refractivity contribution in [1.29, 1.82) is 0 Å². The van der Waals surface area contributed by atoms with E-state index in [-0.39, 0.29) is 5.92 Å². The Kier molecular flexibility index (Phi) is 9.57. The van der Waals surface area contributed by atoms with Gasteiger partial charge >= 0.3 is 5.97 Å². The molecule has 1 unspecified atom stereocenters. The molecule has 0 fully saturated rings. The fourth-order valence-electron chi connectivity index (χ4n) is 2.88. The maximum atomic E-state index is 12.7. The zero-order chi connectivity index (χ0) is 23.1. The molecule has 0 bridgehead atoms. The molecule has 3 atom stereocenters. The minimum absolute atomic E-state index is 0.0649. The third-order valence-electron chi connectivity index (χ3n) is 4.19. The second-order valence-electron chi connectivity index (χ2n) is 7.39. The molecule has 170 valence electrons. The Morgan fingerprint density at radius 3 is 2.30 bits per heavy atom. The van der Waals surface area contributed by atoms with E-state index in [1.54, 1.807) is 25.1 Å². The smallest absolute Gasteiger partial charge is 0.330 e. The lowest BCUT2D eigenvalue weighted by Crippen LogP contribution is -2.46. The van der Waals surface area contributed by atoms with Gasteiger partial charge in [0.1, 0.15) is 6.04 Å². The Bertz CT molecular complexity index is 840. The van der Waals surface area contributed by atoms with E-state index in [0.29, 0.717) is 30.1 Å². The van der Waals surface area contributed by atoms with Crippen molar-refractivity contribution < 1.29 is 32.2 Å². The summed E-state index contributed by atoms with van der Waals surface area (Å²) >= 11 is 0. The minimum atomic E-state index is -3.89. The maximum Gasteiger partial charge on any atom is 0.330 e. The molecule has 1 rings (SSSR count). The molecule has 0 radical (unpaired) electrons. The van der Waals surface area contributed by atoms with Gasteiger partial charge in [-0.2, -0.15) is 0 Å². The zero-order valence-corrected chi connectivity index (χ0v) is 19.1. The quantitative estimate of drug-likeness (QED) is 0.491. The van der Waals surface area contributed by atoms with E-state index < -0.39 is 39.2 Å². The number of carbonyl (C=O) groups excluding carboxylic acids is 2. The molecular formula is C20H32N2O7S. The number of hydrogen-bond donors (Lipinski definition) is 2.